The van der Waals surface area contributed by atoms with Crippen LogP contribution in [0.15, 0.2) is 106 Å². The topological polar surface area (TPSA) is 160 Å². The minimum Gasteiger partial charge on any atom is -0.368 e. The highest BCUT2D eigenvalue weighted by Crippen LogP contribution is 2.20. The van der Waals surface area contributed by atoms with Gasteiger partial charge in [-0.3, -0.25) is 29.4 Å². The number of carbonyl (C=O) groups is 3. The molecule has 12 nitrogen and oxygen atoms in total. The molecule has 0 saturated carbocycles. The van der Waals surface area contributed by atoms with E-state index in [1.54, 1.807) is 36.4 Å². The van der Waals surface area contributed by atoms with E-state index < -0.39 is 17.7 Å². The Morgan fingerprint density at radius 1 is 0.449 bits per heavy atom. The number of benzene rings is 4. The number of aliphatic imine (C=N–C) groups is 3. The largest absolute Gasteiger partial charge is 0.368 e. The summed E-state index contributed by atoms with van der Waals surface area (Å²) in [6.07, 6.45) is 0. The summed E-state index contributed by atoms with van der Waals surface area (Å²) in [5.74, 6) is 1.06. The molecule has 0 unspecified atom stereocenters. The van der Waals surface area contributed by atoms with Gasteiger partial charge in [-0.2, -0.15) is 0 Å². The van der Waals surface area contributed by atoms with Gasteiger partial charge in [-0.05, 0) is 91.0 Å². The third kappa shape index (κ3) is 7.77. The maximum Gasteiger partial charge on any atom is 0.255 e. The zero-order valence-electron chi connectivity index (χ0n) is 26.4. The van der Waals surface area contributed by atoms with Gasteiger partial charge in [-0.15, -0.1) is 12.4 Å². The average molecular weight is 676 g/mol. The summed E-state index contributed by atoms with van der Waals surface area (Å²) in [5.41, 5.74) is 4.90. The Labute approximate surface area is 289 Å². The first kappa shape index (κ1) is 32.9. The van der Waals surface area contributed by atoms with Crippen molar-refractivity contribution in [3.05, 3.63) is 124 Å². The minimum atomic E-state index is -0.467. The van der Waals surface area contributed by atoms with Crippen molar-refractivity contribution < 1.29 is 14.4 Å². The minimum absolute atomic E-state index is 0. The smallest absolute Gasteiger partial charge is 0.255 e. The lowest BCUT2D eigenvalue weighted by atomic mass is 10.0. The molecule has 0 fully saturated rings. The Bertz CT molecular complexity index is 1730. The molecule has 3 aliphatic rings. The molecular weight excluding hydrogens is 642 g/mol. The number of amidine groups is 3. The predicted octanol–water partition coefficient (Wildman–Crippen LogP) is 3.91. The van der Waals surface area contributed by atoms with Crippen molar-refractivity contribution in [2.24, 2.45) is 15.0 Å². The molecule has 248 valence electrons. The van der Waals surface area contributed by atoms with Gasteiger partial charge in [-0.1, -0.05) is 0 Å². The molecule has 6 N–H and O–H groups in total. The Morgan fingerprint density at radius 2 is 0.714 bits per heavy atom. The van der Waals surface area contributed by atoms with Gasteiger partial charge in [0.05, 0.1) is 19.6 Å². The second-order valence-electron chi connectivity index (χ2n) is 11.4. The number of hydrogen-bond donors (Lipinski definition) is 6. The number of halogens is 1. The first-order chi connectivity index (χ1) is 23.5. The highest BCUT2D eigenvalue weighted by molar-refractivity contribution is 6.13. The van der Waals surface area contributed by atoms with Gasteiger partial charge in [0, 0.05) is 70.1 Å². The summed E-state index contributed by atoms with van der Waals surface area (Å²) >= 11 is 0. The quantitative estimate of drug-likeness (QED) is 0.158. The first-order valence-corrected chi connectivity index (χ1v) is 15.7. The summed E-state index contributed by atoms with van der Waals surface area (Å²) in [4.78, 5) is 53.8. The molecule has 0 spiro atoms. The van der Waals surface area contributed by atoms with Gasteiger partial charge in [0.1, 0.15) is 17.5 Å². The van der Waals surface area contributed by atoms with Gasteiger partial charge < -0.3 is 31.9 Å². The monoisotopic (exact) mass is 675 g/mol. The third-order valence-corrected chi connectivity index (χ3v) is 7.99. The van der Waals surface area contributed by atoms with Crippen LogP contribution in [-0.4, -0.2) is 74.5 Å². The van der Waals surface area contributed by atoms with E-state index in [0.29, 0.717) is 17.1 Å². The lowest BCUT2D eigenvalue weighted by Gasteiger charge is -2.13. The van der Waals surface area contributed by atoms with E-state index in [0.717, 1.165) is 73.5 Å². The van der Waals surface area contributed by atoms with Gasteiger partial charge in [0.2, 0.25) is 0 Å². The summed E-state index contributed by atoms with van der Waals surface area (Å²) in [6.45, 7) is 4.57. The molecule has 7 rings (SSSR count). The number of carbonyl (C=O) groups excluding carboxylic acids is 3. The van der Waals surface area contributed by atoms with Crippen molar-refractivity contribution >= 4 is 64.7 Å². The molecule has 4 aromatic rings. The standard InChI is InChI=1S/C36H33N9O3.ClH/c46-34(43-28-7-1-22(2-8-28)31-37-13-14-38-31)25-19-26(35(47)44-29-9-3-23(4-10-29)32-39-15-16-40-32)21-27(20-25)36(48)45-30-11-5-24(6-12-30)33-41-17-18-42-33;/h1-12,19-21H,13-18H2,(H,37,38)(H,39,40)(H,41,42)(H,43,46)(H,44,47)(H,45,48);1H. The maximum atomic E-state index is 13.5. The fraction of sp³-hybridized carbons (Fsp3) is 0.167. The van der Waals surface area contributed by atoms with Crippen molar-refractivity contribution in [2.45, 2.75) is 0 Å². The number of nitrogens with one attached hydrogen (secondary N) is 6. The van der Waals surface area contributed by atoms with E-state index >= 15 is 0 Å². The van der Waals surface area contributed by atoms with Crippen molar-refractivity contribution in [3.8, 4) is 0 Å². The van der Waals surface area contributed by atoms with Crippen LogP contribution in [0.3, 0.4) is 0 Å². The zero-order chi connectivity index (χ0) is 32.9. The lowest BCUT2D eigenvalue weighted by molar-refractivity contribution is 0.102. The first-order valence-electron chi connectivity index (χ1n) is 15.7. The van der Waals surface area contributed by atoms with Crippen LogP contribution in [0, 0.1) is 0 Å². The predicted molar refractivity (Wildman–Crippen MR) is 195 cm³/mol. The number of amides is 3. The van der Waals surface area contributed by atoms with Gasteiger partial charge in [-0.25, -0.2) is 0 Å². The molecule has 0 bridgehead atoms. The van der Waals surface area contributed by atoms with Crippen LogP contribution in [0.2, 0.25) is 0 Å². The number of nitrogens with zero attached hydrogens (tertiary/aromatic N) is 3. The zero-order valence-corrected chi connectivity index (χ0v) is 27.2. The van der Waals surface area contributed by atoms with E-state index in [1.807, 2.05) is 36.4 Å². The number of rotatable bonds is 9. The molecule has 13 heteroatoms. The Hall–Kier alpha value is -6.01. The molecule has 3 aliphatic heterocycles. The molecule has 0 radical (unpaired) electrons. The Balaban J connectivity index is 0.00000417. The fourth-order valence-corrected chi connectivity index (χ4v) is 5.54. The molecule has 0 aromatic heterocycles. The van der Waals surface area contributed by atoms with Gasteiger partial charge in [0.15, 0.2) is 0 Å². The molecule has 0 aliphatic carbocycles. The highest BCUT2D eigenvalue weighted by Gasteiger charge is 2.19. The van der Waals surface area contributed by atoms with Crippen LogP contribution in [0.5, 0.6) is 0 Å². The normalized spacial score (nSPS) is 14.6. The van der Waals surface area contributed by atoms with Gasteiger partial charge >= 0.3 is 0 Å². The second-order valence-corrected chi connectivity index (χ2v) is 11.4. The highest BCUT2D eigenvalue weighted by atomic mass is 35.5. The van der Waals surface area contributed by atoms with E-state index in [-0.39, 0.29) is 29.1 Å². The van der Waals surface area contributed by atoms with Crippen LogP contribution in [0.4, 0.5) is 17.1 Å². The summed E-state index contributed by atoms with van der Waals surface area (Å²) in [6, 6.07) is 26.4. The van der Waals surface area contributed by atoms with Crippen LogP contribution in [0.25, 0.3) is 0 Å². The van der Waals surface area contributed by atoms with E-state index in [1.165, 1.54) is 18.2 Å². The van der Waals surface area contributed by atoms with Crippen LogP contribution < -0.4 is 31.9 Å². The van der Waals surface area contributed by atoms with Crippen molar-refractivity contribution in [2.75, 3.05) is 55.2 Å². The van der Waals surface area contributed by atoms with Crippen LogP contribution in [0.1, 0.15) is 47.8 Å². The molecule has 0 saturated heterocycles. The van der Waals surface area contributed by atoms with Gasteiger partial charge in [0.25, 0.3) is 17.7 Å². The molecule has 49 heavy (non-hydrogen) atoms. The molecule has 4 aromatic carbocycles. The molecular formula is C36H34ClN9O3. The SMILES string of the molecule is Cl.O=C(Nc1ccc(C2=NCCN2)cc1)c1cc(C(=O)Nc2ccc(C3=NCCN3)cc2)cc(C(=O)Nc2ccc(C3=NCCN3)cc2)c1. The third-order valence-electron chi connectivity index (χ3n) is 7.99. The molecule has 0 atom stereocenters. The lowest BCUT2D eigenvalue weighted by Crippen LogP contribution is -2.20. The van der Waals surface area contributed by atoms with Crippen LogP contribution in [-0.2, 0) is 0 Å². The Morgan fingerprint density at radius 3 is 0.939 bits per heavy atom. The number of anilines is 3. The van der Waals surface area contributed by atoms with E-state index in [9.17, 15) is 14.4 Å². The van der Waals surface area contributed by atoms with E-state index in [4.69, 9.17) is 0 Å². The van der Waals surface area contributed by atoms with Crippen molar-refractivity contribution in [3.63, 3.8) is 0 Å². The number of hydrogen-bond acceptors (Lipinski definition) is 9. The average Bonchev–Trinajstić information content (AvgIpc) is 3.94. The van der Waals surface area contributed by atoms with Crippen molar-refractivity contribution in [1.82, 2.24) is 16.0 Å². The second kappa shape index (κ2) is 14.8. The van der Waals surface area contributed by atoms with Crippen molar-refractivity contribution in [1.29, 1.82) is 0 Å². The summed E-state index contributed by atoms with van der Waals surface area (Å²) in [7, 11) is 0. The fourth-order valence-electron chi connectivity index (χ4n) is 5.54. The van der Waals surface area contributed by atoms with Crippen LogP contribution >= 0.6 is 12.4 Å². The summed E-state index contributed by atoms with van der Waals surface area (Å²) in [5, 5.41) is 18.3. The maximum absolute atomic E-state index is 13.5. The molecule has 3 amide bonds. The summed E-state index contributed by atoms with van der Waals surface area (Å²) < 4.78 is 0. The Kier molecular flexibility index (Phi) is 9.96. The molecule has 3 heterocycles. The van der Waals surface area contributed by atoms with E-state index in [2.05, 4.69) is 46.9 Å².